The number of nitriles is 3. The van der Waals surface area contributed by atoms with E-state index in [1.54, 1.807) is 21.0 Å². The molecule has 0 spiro atoms. The number of aryl methyl sites for hydroxylation is 3. The zero-order valence-electron chi connectivity index (χ0n) is 70.0. The summed E-state index contributed by atoms with van der Waals surface area (Å²) in [6, 6.07) is 8.73. The Bertz CT molecular complexity index is 5460. The minimum atomic E-state index is -0.668. The Labute approximate surface area is 693 Å². The third kappa shape index (κ3) is 12.3. The van der Waals surface area contributed by atoms with Crippen molar-refractivity contribution in [2.45, 2.75) is 181 Å². The van der Waals surface area contributed by atoms with Gasteiger partial charge >= 0.3 is 23.9 Å². The van der Waals surface area contributed by atoms with E-state index in [0.29, 0.717) is 150 Å². The highest BCUT2D eigenvalue weighted by Gasteiger charge is 2.58. The SMILES string of the molecule is CC[C@H]1c2c(c(OC(C)=O)c(C)c3c2OCO3)C=C2[C@H]3c4c(cc(C)c(OC)c4O)C[C@@H]([C@H](C#N)N21)N3C.COc1c(C)cc2c(c1O)[C@@H]1C3=Cc4c(OC(C)=O)c(C)c5c(c4[C@H](CNC(C)=O)N3[C@@H](C#N)[C@H](C2)N1C)OCO5.COc1c(C)cc2c(c1O)[C@@H]1C3=Cc4c(OC(C)=O)c(C)c5c(c4[C@H](COC(C)=O)N3[C@@H](C#N)[C@H](C2)N1C)OCO5. The van der Waals surface area contributed by atoms with Crippen LogP contribution in [0.1, 0.15) is 184 Å². The van der Waals surface area contributed by atoms with E-state index in [1.807, 2.05) is 89.0 Å². The Morgan fingerprint density at radius 3 is 1.03 bits per heavy atom. The van der Waals surface area contributed by atoms with E-state index in [2.05, 4.69) is 56.1 Å². The van der Waals surface area contributed by atoms with Gasteiger partial charge in [0.2, 0.25) is 26.3 Å². The molecule has 0 aromatic heterocycles. The van der Waals surface area contributed by atoms with Gasteiger partial charge in [0.05, 0.1) is 75.8 Å². The number of fused-ring (bicyclic) bond motifs is 27. The van der Waals surface area contributed by atoms with Gasteiger partial charge in [-0.15, -0.1) is 0 Å². The fraction of sp³-hybridized carbons (Fsp3) is 0.438. The van der Waals surface area contributed by atoms with Crippen LogP contribution in [0, 0.1) is 75.5 Å². The zero-order chi connectivity index (χ0) is 85.7. The monoisotopic (exact) mass is 1640 g/mol. The number of ether oxygens (including phenoxy) is 13. The van der Waals surface area contributed by atoms with Crippen molar-refractivity contribution in [2.75, 3.05) is 76.0 Å². The Morgan fingerprint density at radius 1 is 0.442 bits per heavy atom. The number of carbonyl (C=O) groups excluding carboxylic acids is 5. The van der Waals surface area contributed by atoms with Crippen molar-refractivity contribution in [3.05, 3.63) is 135 Å². The van der Waals surface area contributed by atoms with Crippen LogP contribution in [0.3, 0.4) is 0 Å². The molecule has 12 aliphatic rings. The summed E-state index contributed by atoms with van der Waals surface area (Å²) in [5, 5.41) is 69.2. The van der Waals surface area contributed by atoms with Crippen molar-refractivity contribution in [1.82, 2.24) is 34.7 Å². The average molecular weight is 1640 g/mol. The lowest BCUT2D eigenvalue weighted by Crippen LogP contribution is -2.62. The van der Waals surface area contributed by atoms with Crippen LogP contribution < -0.4 is 62.2 Å². The number of aromatic hydroxyl groups is 3. The largest absolute Gasteiger partial charge is 0.504 e. The van der Waals surface area contributed by atoms with Crippen LogP contribution in [0.4, 0.5) is 0 Å². The lowest BCUT2D eigenvalue weighted by atomic mass is 9.75. The Morgan fingerprint density at radius 2 is 0.742 bits per heavy atom. The van der Waals surface area contributed by atoms with E-state index in [-0.39, 0.29) is 86.9 Å². The molecule has 626 valence electrons. The number of nitrogens with one attached hydrogen (secondary N) is 1. The van der Waals surface area contributed by atoms with Gasteiger partial charge in [0, 0.05) is 143 Å². The summed E-state index contributed by atoms with van der Waals surface area (Å²) in [7, 11) is 10.5. The van der Waals surface area contributed by atoms with E-state index in [9.17, 15) is 55.1 Å². The third-order valence-electron chi connectivity index (χ3n) is 25.5. The summed E-state index contributed by atoms with van der Waals surface area (Å²) in [5.74, 6) is 3.45. The van der Waals surface area contributed by atoms with Crippen molar-refractivity contribution < 1.29 is 101 Å². The molecule has 6 aromatic rings. The molecule has 6 bridgehead atoms. The molecule has 12 atom stereocenters. The van der Waals surface area contributed by atoms with Gasteiger partial charge in [-0.05, 0) is 140 Å². The molecule has 12 heterocycles. The molecule has 31 heteroatoms. The number of phenolic OH excluding ortho intramolecular Hbond substituents is 3. The van der Waals surface area contributed by atoms with Crippen LogP contribution >= 0.6 is 0 Å². The van der Waals surface area contributed by atoms with Gasteiger partial charge in [0.15, 0.2) is 69.0 Å². The van der Waals surface area contributed by atoms with Crippen molar-refractivity contribution in [3.63, 3.8) is 0 Å². The molecule has 18 rings (SSSR count). The third-order valence-corrected chi connectivity index (χ3v) is 25.5. The van der Waals surface area contributed by atoms with Crippen LogP contribution in [-0.2, 0) is 48.0 Å². The molecule has 0 saturated carbocycles. The summed E-state index contributed by atoms with van der Waals surface area (Å²) in [4.78, 5) is 73.5. The number of benzene rings is 6. The van der Waals surface area contributed by atoms with E-state index in [0.717, 1.165) is 61.5 Å². The number of hydrogen-bond acceptors (Lipinski definition) is 30. The second-order valence-corrected chi connectivity index (χ2v) is 32.1. The normalized spacial score (nSPS) is 23.8. The smallest absolute Gasteiger partial charge is 0.308 e. The lowest BCUT2D eigenvalue weighted by Gasteiger charge is -2.57. The van der Waals surface area contributed by atoms with Crippen molar-refractivity contribution in [3.8, 4) is 104 Å². The zero-order valence-corrected chi connectivity index (χ0v) is 70.0. The summed E-state index contributed by atoms with van der Waals surface area (Å²) in [6.45, 7) is 20.1. The van der Waals surface area contributed by atoms with Crippen molar-refractivity contribution in [1.29, 1.82) is 15.8 Å². The molecule has 0 radical (unpaired) electrons. The summed E-state index contributed by atoms with van der Waals surface area (Å²) >= 11 is 0. The second kappa shape index (κ2) is 30.6. The summed E-state index contributed by atoms with van der Waals surface area (Å²) in [6.07, 6.45) is 8.14. The maximum absolute atomic E-state index is 12.3. The van der Waals surface area contributed by atoms with E-state index >= 15 is 0 Å². The number of nitrogens with zero attached hydrogens (tertiary/aromatic N) is 9. The van der Waals surface area contributed by atoms with Crippen LogP contribution in [0.2, 0.25) is 0 Å². The predicted octanol–water partition coefficient (Wildman–Crippen LogP) is 10.7. The van der Waals surface area contributed by atoms with Gasteiger partial charge in [-0.1, -0.05) is 25.1 Å². The number of methoxy groups -OCH3 is 3. The number of rotatable bonds is 11. The van der Waals surface area contributed by atoms with Crippen LogP contribution in [-0.4, -0.2) is 187 Å². The number of phenols is 3. The highest BCUT2D eigenvalue weighted by atomic mass is 16.7. The summed E-state index contributed by atoms with van der Waals surface area (Å²) < 4.78 is 74.9. The molecule has 12 aliphatic heterocycles. The maximum Gasteiger partial charge on any atom is 0.308 e. The predicted molar refractivity (Wildman–Crippen MR) is 429 cm³/mol. The second-order valence-electron chi connectivity index (χ2n) is 32.1. The molecule has 4 N–H and O–H groups in total. The molecule has 31 nitrogen and oxygen atoms in total. The van der Waals surface area contributed by atoms with E-state index in [4.69, 9.17) is 61.6 Å². The first-order valence-corrected chi connectivity index (χ1v) is 39.7. The number of esters is 4. The van der Waals surface area contributed by atoms with Gasteiger partial charge in [-0.2, -0.15) is 15.8 Å². The van der Waals surface area contributed by atoms with E-state index < -0.39 is 66.2 Å². The standard InChI is InChI=1S/C30H32N4O7.C30H31N3O8.C29H31N3O6/c1-13-7-17-8-19-21(10-31)34-20(25(33(19)5)23(17)26(37)27(13)38-6)9-18-24(22(34)11-32-15(3)35)30-29(39-12-40-30)14(2)28(18)41-16(4)36;1-13-7-17-8-19-21(10-31)33-20(25(32(19)5)23(17)26(36)27(13)37-6)9-18-24(22(33)11-38-15(3)34)30-29(39-12-40-30)14(2)28(18)41-16(4)35;1-7-18-23-17(27(38-15(4)33)14(3)28-29(23)37-12-36-28)10-20-24-22-16(8-13(2)26(35-6)25(22)34)9-19(31(24)5)21(11-30)32(18)20/h7,9,19,21-22,25,37H,8,11-12H2,1-6H3,(H,32,35);7,9,19,21-22,25,36H,8,11-12H2,1-6H3;8,10,18-19,21,24,34H,7,9,12H2,1-6H3/t2*19-,21-,22-,25-;18-,19-,21-,24-/m000/s1. The minimum absolute atomic E-state index is 0.00831. The van der Waals surface area contributed by atoms with Crippen LogP contribution in [0.15, 0.2) is 35.3 Å². The average Bonchev–Trinajstić information content (AvgIpc) is 0.929. The Balaban J connectivity index is 0.000000134. The summed E-state index contributed by atoms with van der Waals surface area (Å²) in [5.41, 5.74) is 15.7. The topological polar surface area (TPSA) is 369 Å². The molecule has 1 amide bonds. The minimum Gasteiger partial charge on any atom is -0.504 e. The Kier molecular flexibility index (Phi) is 20.6. The number of carbonyl (C=O) groups is 5. The molecular formula is C89H94N10O21. The first-order chi connectivity index (χ1) is 57.4. The molecular weight excluding hydrogens is 1550 g/mol. The fourth-order valence-electron chi connectivity index (χ4n) is 20.9. The van der Waals surface area contributed by atoms with Crippen LogP contribution in [0.5, 0.6) is 86.2 Å². The Hall–Kier alpha value is -12.8. The molecule has 0 aliphatic carbocycles. The number of amides is 1. The fourth-order valence-corrected chi connectivity index (χ4v) is 20.9. The molecule has 6 aromatic carbocycles. The van der Waals surface area contributed by atoms with Crippen LogP contribution in [0.25, 0.3) is 18.2 Å². The maximum atomic E-state index is 12.3. The molecule has 120 heavy (non-hydrogen) atoms. The molecule has 0 unspecified atom stereocenters. The van der Waals surface area contributed by atoms with Gasteiger partial charge < -0.3 is 96.9 Å². The number of piperazine rings is 3. The first kappa shape index (κ1) is 81.0. The number of hydrogen-bond donors (Lipinski definition) is 4. The van der Waals surface area contributed by atoms with Gasteiger partial charge in [0.25, 0.3) is 0 Å². The molecule has 3 fully saturated rings. The lowest BCUT2D eigenvalue weighted by molar-refractivity contribution is -0.143. The van der Waals surface area contributed by atoms with Gasteiger partial charge in [-0.3, -0.25) is 38.7 Å². The number of likely N-dealkylation sites (N-methyl/N-ethyl adjacent to an activating group) is 3. The highest BCUT2D eigenvalue weighted by molar-refractivity contribution is 5.85. The van der Waals surface area contributed by atoms with E-state index in [1.165, 1.54) is 48.8 Å². The highest BCUT2D eigenvalue weighted by Crippen LogP contribution is 2.65. The van der Waals surface area contributed by atoms with Crippen molar-refractivity contribution in [2.24, 2.45) is 0 Å². The first-order valence-electron chi connectivity index (χ1n) is 39.7. The van der Waals surface area contributed by atoms with Gasteiger partial charge in [0.1, 0.15) is 42.0 Å². The van der Waals surface area contributed by atoms with Gasteiger partial charge in [-0.25, -0.2) is 0 Å². The van der Waals surface area contributed by atoms with Crippen molar-refractivity contribution >= 4 is 48.0 Å². The molecule has 3 saturated heterocycles. The quantitative estimate of drug-likeness (QED) is 0.0691.